The Kier molecular flexibility index (Phi) is 3.94. The lowest BCUT2D eigenvalue weighted by Crippen LogP contribution is -2.48. The molecule has 4 heteroatoms. The van der Waals surface area contributed by atoms with Crippen LogP contribution in [-0.2, 0) is 4.79 Å². The first-order chi connectivity index (χ1) is 8.20. The highest BCUT2D eigenvalue weighted by atomic mass is 32.2. The normalized spacial score (nSPS) is 16.1. The number of thioether (sulfide) groups is 1. The summed E-state index contributed by atoms with van der Waals surface area (Å²) in [5.74, 6) is 0.183. The maximum Gasteiger partial charge on any atom is 0.219 e. The van der Waals surface area contributed by atoms with E-state index in [1.165, 1.54) is 10.6 Å². The van der Waals surface area contributed by atoms with Gasteiger partial charge in [0.2, 0.25) is 5.91 Å². The molecule has 3 nitrogen and oxygen atoms in total. The van der Waals surface area contributed by atoms with Gasteiger partial charge in [0, 0.05) is 43.7 Å². The van der Waals surface area contributed by atoms with Crippen LogP contribution in [0.5, 0.6) is 0 Å². The van der Waals surface area contributed by atoms with Crippen LogP contribution in [0.15, 0.2) is 29.2 Å². The van der Waals surface area contributed by atoms with Crippen molar-refractivity contribution in [1.82, 2.24) is 4.90 Å². The minimum atomic E-state index is 0.183. The molecule has 0 N–H and O–H groups in total. The van der Waals surface area contributed by atoms with Gasteiger partial charge in [-0.25, -0.2) is 0 Å². The summed E-state index contributed by atoms with van der Waals surface area (Å²) in [5, 5.41) is 0. The Balaban J connectivity index is 1.97. The van der Waals surface area contributed by atoms with E-state index in [4.69, 9.17) is 0 Å². The maximum absolute atomic E-state index is 11.2. The molecule has 0 bridgehead atoms. The molecule has 1 heterocycles. The number of benzene rings is 1. The lowest BCUT2D eigenvalue weighted by Gasteiger charge is -2.35. The predicted octanol–water partition coefficient (Wildman–Crippen LogP) is 2.08. The van der Waals surface area contributed by atoms with Crippen LogP contribution in [0.2, 0.25) is 0 Å². The first-order valence-electron chi connectivity index (χ1n) is 5.85. The van der Waals surface area contributed by atoms with Crippen LogP contribution in [0.3, 0.4) is 0 Å². The Morgan fingerprint density at radius 1 is 1.12 bits per heavy atom. The molecule has 0 aliphatic carbocycles. The Bertz CT molecular complexity index is 383. The summed E-state index contributed by atoms with van der Waals surface area (Å²) >= 11 is 1.76. The van der Waals surface area contributed by atoms with Crippen LogP contribution >= 0.6 is 11.8 Å². The van der Waals surface area contributed by atoms with E-state index >= 15 is 0 Å². The van der Waals surface area contributed by atoms with Crippen molar-refractivity contribution in [2.24, 2.45) is 0 Å². The summed E-state index contributed by atoms with van der Waals surface area (Å²) < 4.78 is 0. The van der Waals surface area contributed by atoms with Crippen molar-refractivity contribution in [1.29, 1.82) is 0 Å². The minimum Gasteiger partial charge on any atom is -0.368 e. The fraction of sp³-hybridized carbons (Fsp3) is 0.462. The molecule has 2 rings (SSSR count). The molecule has 0 radical (unpaired) electrons. The second kappa shape index (κ2) is 5.45. The zero-order valence-electron chi connectivity index (χ0n) is 10.3. The Morgan fingerprint density at radius 2 is 1.71 bits per heavy atom. The van der Waals surface area contributed by atoms with E-state index in [0.29, 0.717) is 0 Å². The fourth-order valence-electron chi connectivity index (χ4n) is 2.07. The quantitative estimate of drug-likeness (QED) is 0.751. The van der Waals surface area contributed by atoms with E-state index < -0.39 is 0 Å². The van der Waals surface area contributed by atoms with Crippen molar-refractivity contribution in [3.8, 4) is 0 Å². The Morgan fingerprint density at radius 3 is 2.18 bits per heavy atom. The zero-order valence-corrected chi connectivity index (χ0v) is 11.2. The van der Waals surface area contributed by atoms with E-state index in [1.807, 2.05) is 4.90 Å². The minimum absolute atomic E-state index is 0.183. The topological polar surface area (TPSA) is 23.6 Å². The van der Waals surface area contributed by atoms with Crippen LogP contribution in [-0.4, -0.2) is 43.2 Å². The van der Waals surface area contributed by atoms with Gasteiger partial charge in [0.1, 0.15) is 0 Å². The van der Waals surface area contributed by atoms with Crippen molar-refractivity contribution >= 4 is 23.4 Å². The van der Waals surface area contributed by atoms with Crippen molar-refractivity contribution in [2.75, 3.05) is 37.3 Å². The second-order valence-corrected chi connectivity index (χ2v) is 5.07. The molecule has 0 atom stereocenters. The van der Waals surface area contributed by atoms with E-state index in [1.54, 1.807) is 18.7 Å². The third-order valence-electron chi connectivity index (χ3n) is 3.16. The average molecular weight is 250 g/mol. The van der Waals surface area contributed by atoms with Gasteiger partial charge in [0.25, 0.3) is 0 Å². The zero-order chi connectivity index (χ0) is 12.3. The van der Waals surface area contributed by atoms with Crippen molar-refractivity contribution in [3.05, 3.63) is 24.3 Å². The average Bonchev–Trinajstić information content (AvgIpc) is 2.39. The summed E-state index contributed by atoms with van der Waals surface area (Å²) in [6, 6.07) is 8.62. The summed E-state index contributed by atoms with van der Waals surface area (Å²) in [7, 11) is 0. The van der Waals surface area contributed by atoms with Crippen LogP contribution in [0.25, 0.3) is 0 Å². The third kappa shape index (κ3) is 2.94. The van der Waals surface area contributed by atoms with Gasteiger partial charge in [-0.3, -0.25) is 4.79 Å². The lowest BCUT2D eigenvalue weighted by molar-refractivity contribution is -0.129. The molecule has 1 aliphatic heterocycles. The smallest absolute Gasteiger partial charge is 0.219 e. The first-order valence-corrected chi connectivity index (χ1v) is 7.07. The highest BCUT2D eigenvalue weighted by Gasteiger charge is 2.18. The first kappa shape index (κ1) is 12.3. The van der Waals surface area contributed by atoms with Crippen LogP contribution in [0.1, 0.15) is 6.92 Å². The number of carbonyl (C=O) groups excluding carboxylic acids is 1. The SMILES string of the molecule is CSc1ccc(N2CCN(C(C)=O)CC2)cc1. The summed E-state index contributed by atoms with van der Waals surface area (Å²) in [6.45, 7) is 5.17. The highest BCUT2D eigenvalue weighted by Crippen LogP contribution is 2.21. The van der Waals surface area contributed by atoms with Gasteiger partial charge in [-0.15, -0.1) is 11.8 Å². The maximum atomic E-state index is 11.2. The van der Waals surface area contributed by atoms with Crippen molar-refractivity contribution < 1.29 is 4.79 Å². The molecule has 92 valence electrons. The third-order valence-corrected chi connectivity index (χ3v) is 3.91. The number of nitrogens with zero attached hydrogens (tertiary/aromatic N) is 2. The largest absolute Gasteiger partial charge is 0.368 e. The van der Waals surface area contributed by atoms with Crippen molar-refractivity contribution in [3.63, 3.8) is 0 Å². The van der Waals surface area contributed by atoms with E-state index in [2.05, 4.69) is 35.4 Å². The molecule has 1 fully saturated rings. The molecule has 0 unspecified atom stereocenters. The Hall–Kier alpha value is -1.16. The molecule has 0 aromatic heterocycles. The fourth-order valence-corrected chi connectivity index (χ4v) is 2.48. The second-order valence-electron chi connectivity index (χ2n) is 4.19. The molecule has 1 aliphatic rings. The lowest BCUT2D eigenvalue weighted by atomic mass is 10.2. The number of piperazine rings is 1. The summed E-state index contributed by atoms with van der Waals surface area (Å²) in [6.07, 6.45) is 2.08. The molecule has 17 heavy (non-hydrogen) atoms. The van der Waals surface area contributed by atoms with Gasteiger partial charge in [0.15, 0.2) is 0 Å². The van der Waals surface area contributed by atoms with E-state index in [9.17, 15) is 4.79 Å². The van der Waals surface area contributed by atoms with Gasteiger partial charge >= 0.3 is 0 Å². The number of hydrogen-bond donors (Lipinski definition) is 0. The molecule has 0 spiro atoms. The number of amides is 1. The molecule has 1 aromatic carbocycles. The van der Waals surface area contributed by atoms with Gasteiger partial charge in [-0.1, -0.05) is 0 Å². The number of anilines is 1. The molecular formula is C13H18N2OS. The number of rotatable bonds is 2. The monoisotopic (exact) mass is 250 g/mol. The van der Waals surface area contributed by atoms with Crippen LogP contribution in [0.4, 0.5) is 5.69 Å². The highest BCUT2D eigenvalue weighted by molar-refractivity contribution is 7.98. The molecular weight excluding hydrogens is 232 g/mol. The van der Waals surface area contributed by atoms with E-state index in [0.717, 1.165) is 26.2 Å². The molecule has 0 saturated carbocycles. The summed E-state index contributed by atoms with van der Waals surface area (Å²) in [5.41, 5.74) is 1.26. The standard InChI is InChI=1S/C13H18N2OS/c1-11(16)14-7-9-15(10-8-14)12-3-5-13(17-2)6-4-12/h3-6H,7-10H2,1-2H3. The van der Waals surface area contributed by atoms with Gasteiger partial charge in [0.05, 0.1) is 0 Å². The molecule has 1 aromatic rings. The van der Waals surface area contributed by atoms with Crippen molar-refractivity contribution in [2.45, 2.75) is 11.8 Å². The van der Waals surface area contributed by atoms with Crippen LogP contribution in [0, 0.1) is 0 Å². The number of carbonyl (C=O) groups is 1. The van der Waals surface area contributed by atoms with E-state index in [-0.39, 0.29) is 5.91 Å². The summed E-state index contributed by atoms with van der Waals surface area (Å²) in [4.78, 5) is 16.8. The van der Waals surface area contributed by atoms with Gasteiger partial charge in [-0.2, -0.15) is 0 Å². The van der Waals surface area contributed by atoms with Crippen LogP contribution < -0.4 is 4.90 Å². The van der Waals surface area contributed by atoms with Gasteiger partial charge in [-0.05, 0) is 30.5 Å². The molecule has 1 saturated heterocycles. The predicted molar refractivity (Wildman–Crippen MR) is 72.7 cm³/mol. The Labute approximate surface area is 107 Å². The number of hydrogen-bond acceptors (Lipinski definition) is 3. The van der Waals surface area contributed by atoms with Gasteiger partial charge < -0.3 is 9.80 Å². The molecule has 1 amide bonds.